The number of H-pyrrole nitrogens is 2. The van der Waals surface area contributed by atoms with E-state index >= 15 is 0 Å². The van der Waals surface area contributed by atoms with E-state index in [4.69, 9.17) is 11.5 Å². The molecular weight excluding hydrogens is 728 g/mol. The van der Waals surface area contributed by atoms with Crippen LogP contribution >= 0.6 is 17.2 Å². The second-order valence-electron chi connectivity index (χ2n) is 9.25. The number of carbonyl (C=O) groups excluding carboxylic acids is 4. The summed E-state index contributed by atoms with van der Waals surface area (Å²) in [5, 5.41) is 2.28. The molecule has 0 saturated carbocycles. The standard InChI is InChI=1S/C28H18N4O2P2.2C2H5NO2.2V/c33-15-35-27-29-14-26(32-27)23-8-7-20-11-19(5-6-21(20)12-23)17-1-3-18(4-2-17)22-9-10-24-25(13-22)31-28(30-24)36-16-34;2*1-5-2(3)4;;/h1-14,35-36H,(H,29,32)(H,30,31);2*1H3,(H2,3,4);;/q-2;;;2*+2/p-2. The predicted octanol–water partition coefficient (Wildman–Crippen LogP) is 6.79. The molecular formula is C32H26N6O6P2V2. The van der Waals surface area contributed by atoms with Crippen molar-refractivity contribution in [2.75, 3.05) is 14.2 Å². The van der Waals surface area contributed by atoms with Crippen molar-refractivity contribution in [3.05, 3.63) is 96.5 Å². The smallest absolute Gasteiger partial charge is 0.632 e. The number of hydrogen-bond acceptors (Lipinski definition) is 8. The van der Waals surface area contributed by atoms with Gasteiger partial charge in [-0.1, -0.05) is 54.6 Å². The number of methoxy groups -OCH3 is 2. The molecule has 2 radical (unpaired) electrons. The molecule has 2 amide bonds. The number of nitrogens with one attached hydrogen (secondary N) is 4. The van der Waals surface area contributed by atoms with E-state index in [1.54, 1.807) is 6.20 Å². The fourth-order valence-corrected chi connectivity index (χ4v) is 5.22. The Morgan fingerprint density at radius 2 is 1.12 bits per heavy atom. The molecule has 2 unspecified atom stereocenters. The van der Waals surface area contributed by atoms with Crippen molar-refractivity contribution in [2.24, 2.45) is 0 Å². The summed E-state index contributed by atoms with van der Waals surface area (Å²) >= 11 is 0. The zero-order chi connectivity index (χ0) is 33.1. The summed E-state index contributed by atoms with van der Waals surface area (Å²) in [7, 11) is 2.15. The van der Waals surface area contributed by atoms with Gasteiger partial charge < -0.3 is 40.5 Å². The van der Waals surface area contributed by atoms with Crippen molar-refractivity contribution in [3.63, 3.8) is 0 Å². The molecule has 4 N–H and O–H groups in total. The number of amides is 2. The Hall–Kier alpha value is -4.27. The average Bonchev–Trinajstić information content (AvgIpc) is 3.71. The monoisotopic (exact) mass is 754 g/mol. The molecule has 12 nitrogen and oxygen atoms in total. The van der Waals surface area contributed by atoms with Crippen LogP contribution in [0.5, 0.6) is 0 Å². The van der Waals surface area contributed by atoms with Crippen LogP contribution in [0.25, 0.3) is 66.8 Å². The maximum absolute atomic E-state index is 10.7. The van der Waals surface area contributed by atoms with Crippen LogP contribution in [0.15, 0.2) is 85.1 Å². The van der Waals surface area contributed by atoms with Crippen molar-refractivity contribution >= 4 is 74.3 Å². The predicted molar refractivity (Wildman–Crippen MR) is 183 cm³/mol. The Morgan fingerprint density at radius 3 is 1.67 bits per heavy atom. The van der Waals surface area contributed by atoms with Crippen molar-refractivity contribution in [1.29, 1.82) is 0 Å². The molecule has 0 aliphatic carbocycles. The molecule has 0 aliphatic heterocycles. The van der Waals surface area contributed by atoms with Crippen LogP contribution in [0, 0.1) is 0 Å². The summed E-state index contributed by atoms with van der Waals surface area (Å²) in [5.74, 6) is 0. The van der Waals surface area contributed by atoms with E-state index in [9.17, 15) is 19.2 Å². The minimum Gasteiger partial charge on any atom is -0.632 e. The van der Waals surface area contributed by atoms with Crippen molar-refractivity contribution in [1.82, 2.24) is 19.9 Å². The van der Waals surface area contributed by atoms with Crippen LogP contribution in [-0.4, -0.2) is 58.4 Å². The molecule has 240 valence electrons. The SMILES string of the molecule is COC([NH-])=O.COC([NH-])=O.O=[C-]Pc1ncc(-c2ccc3cc(-c4ccc(-c5ccc6nc(P[C-]=O)[nH]c6c5)cc4)ccc3c2)[nH]1.[V+2].[V+2]. The topological polar surface area (TPSA) is 192 Å². The van der Waals surface area contributed by atoms with Gasteiger partial charge in [0.2, 0.25) is 12.2 Å². The zero-order valence-corrected chi connectivity index (χ0v) is 30.1. The molecule has 0 bridgehead atoms. The van der Waals surface area contributed by atoms with Gasteiger partial charge in [0.15, 0.2) is 0 Å². The van der Waals surface area contributed by atoms with Gasteiger partial charge in [-0.05, 0) is 57.3 Å². The maximum Gasteiger partial charge on any atom is 2.00 e. The molecule has 2 heterocycles. The molecule has 0 aliphatic rings. The number of carbonyl (C=O) groups is 2. The van der Waals surface area contributed by atoms with Gasteiger partial charge in [0.25, 0.3) is 0 Å². The molecule has 0 spiro atoms. The molecule has 0 saturated heterocycles. The molecule has 48 heavy (non-hydrogen) atoms. The summed E-state index contributed by atoms with van der Waals surface area (Å²) in [6, 6.07) is 31.1. The normalized spacial score (nSPS) is 10.3. The maximum atomic E-state index is 10.7. The number of aromatic nitrogens is 4. The van der Waals surface area contributed by atoms with Crippen LogP contribution in [-0.2, 0) is 56.2 Å². The molecule has 6 rings (SSSR count). The van der Waals surface area contributed by atoms with Gasteiger partial charge in [0.1, 0.15) is 0 Å². The van der Waals surface area contributed by atoms with E-state index in [2.05, 4.69) is 96.1 Å². The second kappa shape index (κ2) is 19.5. The third kappa shape index (κ3) is 10.9. The van der Waals surface area contributed by atoms with Crippen molar-refractivity contribution < 1.29 is 65.8 Å². The molecule has 2 atom stereocenters. The van der Waals surface area contributed by atoms with Gasteiger partial charge in [-0.25, -0.2) is 22.0 Å². The summed E-state index contributed by atoms with van der Waals surface area (Å²) in [5.41, 5.74) is 21.4. The Balaban J connectivity index is 0.000000588. The van der Waals surface area contributed by atoms with Gasteiger partial charge in [-0.15, -0.1) is 0 Å². The van der Waals surface area contributed by atoms with Crippen molar-refractivity contribution in [3.8, 4) is 33.5 Å². The number of imidazole rings is 2. The molecule has 2 aromatic heterocycles. The molecule has 16 heteroatoms. The van der Waals surface area contributed by atoms with Crippen LogP contribution in [0.2, 0.25) is 0 Å². The fraction of sp³-hybridized carbons (Fsp3) is 0.0625. The summed E-state index contributed by atoms with van der Waals surface area (Å²) in [6.07, 6.45) is -0.237. The minimum atomic E-state index is -0.995. The Morgan fingerprint density at radius 1 is 0.667 bits per heavy atom. The fourth-order valence-electron chi connectivity index (χ4n) is 4.32. The Labute approximate surface area is 302 Å². The summed E-state index contributed by atoms with van der Waals surface area (Å²) < 4.78 is 7.56. The number of rotatable bonds is 7. The van der Waals surface area contributed by atoms with E-state index in [1.807, 2.05) is 24.2 Å². The first-order chi connectivity index (χ1) is 22.2. The van der Waals surface area contributed by atoms with Crippen molar-refractivity contribution in [2.45, 2.75) is 0 Å². The first-order valence-corrected chi connectivity index (χ1v) is 15.3. The Kier molecular flexibility index (Phi) is 16.2. The number of hydrogen-bond donors (Lipinski definition) is 2. The molecule has 6 aromatic rings. The first kappa shape index (κ1) is 39.9. The van der Waals surface area contributed by atoms with Crippen LogP contribution in [0.1, 0.15) is 0 Å². The third-order valence-electron chi connectivity index (χ3n) is 6.47. The number of ether oxygens (including phenoxy) is 2. The third-order valence-corrected chi connectivity index (χ3v) is 7.64. The zero-order valence-electron chi connectivity index (χ0n) is 25.3. The van der Waals surface area contributed by atoms with Gasteiger partial charge in [0, 0.05) is 5.56 Å². The van der Waals surface area contributed by atoms with Crippen LogP contribution in [0.4, 0.5) is 9.59 Å². The van der Waals surface area contributed by atoms with E-state index in [1.165, 1.54) is 0 Å². The van der Waals surface area contributed by atoms with E-state index < -0.39 is 12.2 Å². The number of nitrogens with zero attached hydrogens (tertiary/aromatic N) is 2. The largest absolute Gasteiger partial charge is 2.00 e. The minimum absolute atomic E-state index is 0. The van der Waals surface area contributed by atoms with E-state index in [-0.39, 0.29) is 54.3 Å². The quantitative estimate of drug-likeness (QED) is 0.131. The second-order valence-corrected chi connectivity index (χ2v) is 11.1. The molecule has 4 aromatic carbocycles. The van der Waals surface area contributed by atoms with Gasteiger partial charge in [-0.2, -0.15) is 17.2 Å². The van der Waals surface area contributed by atoms with Gasteiger partial charge >= 0.3 is 37.1 Å². The van der Waals surface area contributed by atoms with Crippen LogP contribution in [0.3, 0.4) is 0 Å². The van der Waals surface area contributed by atoms with Gasteiger partial charge in [-0.3, -0.25) is 9.59 Å². The summed E-state index contributed by atoms with van der Waals surface area (Å²) in [4.78, 5) is 54.9. The van der Waals surface area contributed by atoms with E-state index in [0.717, 1.165) is 69.5 Å². The van der Waals surface area contributed by atoms with E-state index in [0.29, 0.717) is 11.1 Å². The Bertz CT molecular complexity index is 1990. The number of fused-ring (bicyclic) bond motifs is 2. The number of aromatic amines is 2. The molecule has 0 fully saturated rings. The number of benzene rings is 4. The first-order valence-electron chi connectivity index (χ1n) is 13.3. The van der Waals surface area contributed by atoms with Gasteiger partial charge in [0.05, 0.1) is 48.3 Å². The van der Waals surface area contributed by atoms with Crippen LogP contribution < -0.4 is 11.1 Å². The average molecular weight is 754 g/mol. The summed E-state index contributed by atoms with van der Waals surface area (Å²) in [6.45, 7) is 0.